The zero-order valence-electron chi connectivity index (χ0n) is 16.1. The van der Waals surface area contributed by atoms with Gasteiger partial charge in [0.25, 0.3) is 11.8 Å². The van der Waals surface area contributed by atoms with Crippen LogP contribution in [0, 0.1) is 0 Å². The summed E-state index contributed by atoms with van der Waals surface area (Å²) in [5.41, 5.74) is 2.56. The third kappa shape index (κ3) is 4.30. The molecule has 0 aliphatic carbocycles. The van der Waals surface area contributed by atoms with Crippen LogP contribution in [0.2, 0.25) is 0 Å². The fourth-order valence-electron chi connectivity index (χ4n) is 3.24. The van der Waals surface area contributed by atoms with Crippen molar-refractivity contribution in [2.75, 3.05) is 25.5 Å². The number of hydrogen-bond acceptors (Lipinski definition) is 5. The Kier molecular flexibility index (Phi) is 5.57. The smallest absolute Gasteiger partial charge is 0.275 e. The number of aromatic nitrogens is 1. The van der Waals surface area contributed by atoms with Crippen molar-refractivity contribution in [1.29, 1.82) is 0 Å². The highest BCUT2D eigenvalue weighted by molar-refractivity contribution is 7.13. The van der Waals surface area contributed by atoms with E-state index in [1.807, 2.05) is 29.2 Å². The minimum absolute atomic E-state index is 0.0454. The minimum atomic E-state index is -0.278. The van der Waals surface area contributed by atoms with Crippen LogP contribution in [-0.2, 0) is 0 Å². The minimum Gasteiger partial charge on any atom is -0.497 e. The molecule has 1 aliphatic heterocycles. The van der Waals surface area contributed by atoms with Gasteiger partial charge in [-0.1, -0.05) is 0 Å². The lowest BCUT2D eigenvalue weighted by Crippen LogP contribution is -2.27. The van der Waals surface area contributed by atoms with Gasteiger partial charge in [-0.25, -0.2) is 4.98 Å². The number of nitrogens with zero attached hydrogens (tertiary/aromatic N) is 2. The van der Waals surface area contributed by atoms with E-state index in [2.05, 4.69) is 10.3 Å². The number of rotatable bonds is 5. The van der Waals surface area contributed by atoms with Crippen molar-refractivity contribution in [2.24, 2.45) is 0 Å². The zero-order chi connectivity index (χ0) is 20.2. The molecule has 0 unspecified atom stereocenters. The quantitative estimate of drug-likeness (QED) is 0.684. The molecule has 2 heterocycles. The average Bonchev–Trinajstić information content (AvgIpc) is 3.46. The second-order valence-corrected chi connectivity index (χ2v) is 7.66. The van der Waals surface area contributed by atoms with E-state index in [0.29, 0.717) is 16.9 Å². The van der Waals surface area contributed by atoms with Crippen molar-refractivity contribution in [2.45, 2.75) is 12.8 Å². The molecule has 7 heteroatoms. The number of ether oxygens (including phenoxy) is 1. The van der Waals surface area contributed by atoms with E-state index in [4.69, 9.17) is 4.74 Å². The summed E-state index contributed by atoms with van der Waals surface area (Å²) >= 11 is 1.41. The first kappa shape index (κ1) is 19.1. The van der Waals surface area contributed by atoms with Crippen molar-refractivity contribution >= 4 is 28.8 Å². The van der Waals surface area contributed by atoms with Crippen LogP contribution in [0.5, 0.6) is 5.75 Å². The van der Waals surface area contributed by atoms with Crippen LogP contribution in [0.4, 0.5) is 5.69 Å². The third-order valence-electron chi connectivity index (χ3n) is 4.86. The van der Waals surface area contributed by atoms with Gasteiger partial charge in [0.2, 0.25) is 0 Å². The Morgan fingerprint density at radius 1 is 1.03 bits per heavy atom. The molecule has 3 aromatic rings. The van der Waals surface area contributed by atoms with Crippen LogP contribution in [-0.4, -0.2) is 41.9 Å². The number of benzene rings is 2. The highest BCUT2D eigenvalue weighted by Crippen LogP contribution is 2.26. The molecule has 1 aromatic heterocycles. The highest BCUT2D eigenvalue weighted by atomic mass is 32.1. The molecule has 2 aromatic carbocycles. The summed E-state index contributed by atoms with van der Waals surface area (Å²) in [4.78, 5) is 31.2. The van der Waals surface area contributed by atoms with E-state index in [1.165, 1.54) is 11.3 Å². The standard InChI is InChI=1S/C22H21N3O3S/c1-28-18-10-6-15(7-11-18)21-24-19(14-29-21)20(26)23-17-8-4-16(5-9-17)22(27)25-12-2-3-13-25/h4-11,14H,2-3,12-13H2,1H3,(H,23,26). The number of carbonyl (C=O) groups excluding carboxylic acids is 2. The van der Waals surface area contributed by atoms with Gasteiger partial charge in [-0.3, -0.25) is 9.59 Å². The summed E-state index contributed by atoms with van der Waals surface area (Å²) in [6, 6.07) is 14.5. The number of carbonyl (C=O) groups is 2. The zero-order valence-corrected chi connectivity index (χ0v) is 16.9. The van der Waals surface area contributed by atoms with Crippen LogP contribution < -0.4 is 10.1 Å². The fourth-order valence-corrected chi connectivity index (χ4v) is 4.04. The molecule has 1 N–H and O–H groups in total. The van der Waals surface area contributed by atoms with Crippen LogP contribution >= 0.6 is 11.3 Å². The number of hydrogen-bond donors (Lipinski definition) is 1. The summed E-state index contributed by atoms with van der Waals surface area (Å²) in [5, 5.41) is 5.34. The Morgan fingerprint density at radius 2 is 1.72 bits per heavy atom. The Morgan fingerprint density at radius 3 is 2.38 bits per heavy atom. The molecule has 1 fully saturated rings. The van der Waals surface area contributed by atoms with Gasteiger partial charge in [0.05, 0.1) is 7.11 Å². The first-order chi connectivity index (χ1) is 14.1. The lowest BCUT2D eigenvalue weighted by atomic mass is 10.2. The van der Waals surface area contributed by atoms with Gasteiger partial charge in [-0.05, 0) is 61.4 Å². The number of thiazole rings is 1. The molecular formula is C22H21N3O3S. The Hall–Kier alpha value is -3.19. The molecule has 1 aliphatic rings. The SMILES string of the molecule is COc1ccc(-c2nc(C(=O)Nc3ccc(C(=O)N4CCCC4)cc3)cs2)cc1. The van der Waals surface area contributed by atoms with Crippen molar-refractivity contribution in [3.63, 3.8) is 0 Å². The molecule has 0 spiro atoms. The highest BCUT2D eigenvalue weighted by Gasteiger charge is 2.19. The van der Waals surface area contributed by atoms with Gasteiger partial charge >= 0.3 is 0 Å². The molecule has 148 valence electrons. The van der Waals surface area contributed by atoms with Crippen LogP contribution in [0.15, 0.2) is 53.9 Å². The second-order valence-electron chi connectivity index (χ2n) is 6.80. The third-order valence-corrected chi connectivity index (χ3v) is 5.75. The first-order valence-electron chi connectivity index (χ1n) is 9.45. The summed E-state index contributed by atoms with van der Waals surface area (Å²) in [5.74, 6) is 0.540. The number of methoxy groups -OCH3 is 1. The molecule has 6 nitrogen and oxygen atoms in total. The molecule has 29 heavy (non-hydrogen) atoms. The Bertz CT molecular complexity index is 1010. The van der Waals surface area contributed by atoms with Gasteiger partial charge in [0.15, 0.2) is 0 Å². The van der Waals surface area contributed by atoms with Crippen molar-refractivity contribution < 1.29 is 14.3 Å². The Labute approximate surface area is 173 Å². The lowest BCUT2D eigenvalue weighted by Gasteiger charge is -2.15. The summed E-state index contributed by atoms with van der Waals surface area (Å²) in [6.07, 6.45) is 2.12. The first-order valence-corrected chi connectivity index (χ1v) is 10.3. The van der Waals surface area contributed by atoms with Gasteiger partial charge in [-0.15, -0.1) is 11.3 Å². The maximum absolute atomic E-state index is 12.5. The Balaban J connectivity index is 1.41. The molecule has 1 saturated heterocycles. The molecular weight excluding hydrogens is 386 g/mol. The van der Waals surface area contributed by atoms with E-state index in [9.17, 15) is 9.59 Å². The van der Waals surface area contributed by atoms with Gasteiger partial charge in [-0.2, -0.15) is 0 Å². The predicted molar refractivity (Wildman–Crippen MR) is 114 cm³/mol. The monoisotopic (exact) mass is 407 g/mol. The lowest BCUT2D eigenvalue weighted by molar-refractivity contribution is 0.0792. The van der Waals surface area contributed by atoms with E-state index in [-0.39, 0.29) is 11.8 Å². The number of nitrogens with one attached hydrogen (secondary N) is 1. The molecule has 0 atom stereocenters. The van der Waals surface area contributed by atoms with Gasteiger partial charge < -0.3 is 15.0 Å². The summed E-state index contributed by atoms with van der Waals surface area (Å²) in [6.45, 7) is 1.63. The molecule has 2 amide bonds. The topological polar surface area (TPSA) is 71.5 Å². The molecule has 0 radical (unpaired) electrons. The van der Waals surface area contributed by atoms with E-state index in [0.717, 1.165) is 42.3 Å². The van der Waals surface area contributed by atoms with Crippen LogP contribution in [0.3, 0.4) is 0 Å². The van der Waals surface area contributed by atoms with Crippen LogP contribution in [0.25, 0.3) is 10.6 Å². The number of likely N-dealkylation sites (tertiary alicyclic amines) is 1. The normalized spacial score (nSPS) is 13.3. The van der Waals surface area contributed by atoms with Gasteiger partial charge in [0, 0.05) is 35.3 Å². The van der Waals surface area contributed by atoms with E-state index in [1.54, 1.807) is 36.8 Å². The molecule has 0 bridgehead atoms. The van der Waals surface area contributed by atoms with Crippen molar-refractivity contribution in [1.82, 2.24) is 9.88 Å². The second kappa shape index (κ2) is 8.45. The molecule has 0 saturated carbocycles. The fraction of sp³-hybridized carbons (Fsp3) is 0.227. The number of anilines is 1. The van der Waals surface area contributed by atoms with Crippen molar-refractivity contribution in [3.8, 4) is 16.3 Å². The maximum Gasteiger partial charge on any atom is 0.275 e. The average molecular weight is 407 g/mol. The van der Waals surface area contributed by atoms with Crippen molar-refractivity contribution in [3.05, 3.63) is 65.2 Å². The summed E-state index contributed by atoms with van der Waals surface area (Å²) < 4.78 is 5.16. The van der Waals surface area contributed by atoms with E-state index >= 15 is 0 Å². The predicted octanol–water partition coefficient (Wildman–Crippen LogP) is 4.31. The molecule has 4 rings (SSSR count). The van der Waals surface area contributed by atoms with E-state index < -0.39 is 0 Å². The number of amides is 2. The largest absolute Gasteiger partial charge is 0.497 e. The summed E-state index contributed by atoms with van der Waals surface area (Å²) in [7, 11) is 1.62. The van der Waals surface area contributed by atoms with Gasteiger partial charge in [0.1, 0.15) is 16.5 Å². The maximum atomic E-state index is 12.5. The van der Waals surface area contributed by atoms with Crippen LogP contribution in [0.1, 0.15) is 33.7 Å².